The van der Waals surface area contributed by atoms with Gasteiger partial charge in [-0.2, -0.15) is 0 Å². The molecule has 138 valence electrons. The van der Waals surface area contributed by atoms with Crippen molar-refractivity contribution in [3.05, 3.63) is 41.5 Å². The van der Waals surface area contributed by atoms with Gasteiger partial charge >= 0.3 is 6.09 Å². The molecule has 26 heavy (non-hydrogen) atoms. The first kappa shape index (κ1) is 18.1. The number of carbonyl (C=O) groups excluding carboxylic acids is 3. The number of carbonyl (C=O) groups is 3. The molecule has 2 atom stereocenters. The van der Waals surface area contributed by atoms with E-state index < -0.39 is 23.5 Å². The van der Waals surface area contributed by atoms with E-state index in [2.05, 4.69) is 5.32 Å². The SMILES string of the molecule is C/C(=C/C[C@@]1(O)C(=O)Nc2ccccc21)C(=O)N1C(=O)OC[C@@H]1C(C)C. The molecule has 2 aliphatic rings. The molecule has 0 aromatic heterocycles. The topological polar surface area (TPSA) is 95.9 Å². The van der Waals surface area contributed by atoms with E-state index in [1.54, 1.807) is 31.2 Å². The number of amides is 3. The first-order valence-corrected chi connectivity index (χ1v) is 8.56. The molecule has 0 bridgehead atoms. The maximum absolute atomic E-state index is 12.7. The first-order valence-electron chi connectivity index (χ1n) is 8.56. The van der Waals surface area contributed by atoms with Crippen LogP contribution in [0.1, 0.15) is 32.8 Å². The highest BCUT2D eigenvalue weighted by Crippen LogP contribution is 2.38. The summed E-state index contributed by atoms with van der Waals surface area (Å²) in [7, 11) is 0. The van der Waals surface area contributed by atoms with Gasteiger partial charge in [0.15, 0.2) is 5.60 Å². The monoisotopic (exact) mass is 358 g/mol. The van der Waals surface area contributed by atoms with Crippen molar-refractivity contribution in [1.29, 1.82) is 0 Å². The average molecular weight is 358 g/mol. The van der Waals surface area contributed by atoms with Crippen molar-refractivity contribution in [3.63, 3.8) is 0 Å². The molecule has 2 N–H and O–H groups in total. The predicted molar refractivity (Wildman–Crippen MR) is 94.2 cm³/mol. The number of benzene rings is 1. The van der Waals surface area contributed by atoms with Crippen molar-refractivity contribution in [2.45, 2.75) is 38.8 Å². The lowest BCUT2D eigenvalue weighted by atomic mass is 9.91. The Bertz CT molecular complexity index is 801. The largest absolute Gasteiger partial charge is 0.447 e. The zero-order chi connectivity index (χ0) is 19.1. The molecule has 3 rings (SSSR count). The Kier molecular flexibility index (Phi) is 4.58. The van der Waals surface area contributed by atoms with E-state index in [-0.39, 0.29) is 30.6 Å². The second-order valence-electron chi connectivity index (χ2n) is 7.01. The molecule has 7 heteroatoms. The molecular formula is C19H22N2O5. The Morgan fingerprint density at radius 3 is 2.81 bits per heavy atom. The van der Waals surface area contributed by atoms with Crippen molar-refractivity contribution in [2.75, 3.05) is 11.9 Å². The highest BCUT2D eigenvalue weighted by Gasteiger charge is 2.45. The third-order valence-electron chi connectivity index (χ3n) is 4.93. The van der Waals surface area contributed by atoms with Crippen molar-refractivity contribution < 1.29 is 24.2 Å². The Hall–Kier alpha value is -2.67. The van der Waals surface area contributed by atoms with Gasteiger partial charge in [-0.3, -0.25) is 9.59 Å². The third-order valence-corrected chi connectivity index (χ3v) is 4.93. The molecule has 1 aromatic carbocycles. The molecule has 2 heterocycles. The molecule has 2 aliphatic heterocycles. The van der Waals surface area contributed by atoms with E-state index in [9.17, 15) is 19.5 Å². The van der Waals surface area contributed by atoms with Gasteiger partial charge in [-0.1, -0.05) is 38.1 Å². The molecule has 0 saturated carbocycles. The lowest BCUT2D eigenvalue weighted by molar-refractivity contribution is -0.133. The Morgan fingerprint density at radius 1 is 1.42 bits per heavy atom. The molecule has 1 fully saturated rings. The van der Waals surface area contributed by atoms with Gasteiger partial charge in [-0.25, -0.2) is 9.69 Å². The fraction of sp³-hybridized carbons (Fsp3) is 0.421. The van der Waals surface area contributed by atoms with Gasteiger partial charge in [-0.05, 0) is 18.9 Å². The fourth-order valence-electron chi connectivity index (χ4n) is 3.24. The lowest BCUT2D eigenvalue weighted by Crippen LogP contribution is -2.42. The summed E-state index contributed by atoms with van der Waals surface area (Å²) >= 11 is 0. The van der Waals surface area contributed by atoms with Crippen molar-refractivity contribution >= 4 is 23.6 Å². The van der Waals surface area contributed by atoms with Crippen LogP contribution in [0.25, 0.3) is 0 Å². The predicted octanol–water partition coefficient (Wildman–Crippen LogP) is 2.17. The summed E-state index contributed by atoms with van der Waals surface area (Å²) in [6.45, 7) is 5.56. The summed E-state index contributed by atoms with van der Waals surface area (Å²) in [5.41, 5.74) is -0.427. The van der Waals surface area contributed by atoms with Crippen LogP contribution < -0.4 is 5.32 Å². The molecule has 1 saturated heterocycles. The number of anilines is 1. The number of ether oxygens (including phenoxy) is 1. The standard InChI is InChI=1S/C19H22N2O5/c1-11(2)15-10-26-18(24)21(15)16(22)12(3)8-9-19(25)13-6-4-5-7-14(13)20-17(19)23/h4-8,11,15,25H,9-10H2,1-3H3,(H,20,23)/b12-8-/t15-,19+/m1/s1. The summed E-state index contributed by atoms with van der Waals surface area (Å²) in [4.78, 5) is 37.9. The number of rotatable bonds is 4. The summed E-state index contributed by atoms with van der Waals surface area (Å²) in [6.07, 6.45) is 0.763. The zero-order valence-corrected chi connectivity index (χ0v) is 15.0. The van der Waals surface area contributed by atoms with Crippen LogP contribution in [-0.2, 0) is 19.9 Å². The number of hydrogen-bond donors (Lipinski definition) is 2. The molecule has 0 unspecified atom stereocenters. The minimum absolute atomic E-state index is 0.0647. The van der Waals surface area contributed by atoms with E-state index in [1.807, 2.05) is 13.8 Å². The molecule has 7 nitrogen and oxygen atoms in total. The maximum atomic E-state index is 12.7. The number of imide groups is 1. The van der Waals surface area contributed by atoms with E-state index in [4.69, 9.17) is 4.74 Å². The smallest absolute Gasteiger partial charge is 0.417 e. The Morgan fingerprint density at radius 2 is 2.12 bits per heavy atom. The van der Waals surface area contributed by atoms with Crippen LogP contribution in [0, 0.1) is 5.92 Å². The first-order chi connectivity index (χ1) is 12.3. The van der Waals surface area contributed by atoms with Crippen molar-refractivity contribution in [2.24, 2.45) is 5.92 Å². The second kappa shape index (κ2) is 6.57. The highest BCUT2D eigenvalue weighted by atomic mass is 16.6. The van der Waals surface area contributed by atoms with Gasteiger partial charge in [0.2, 0.25) is 0 Å². The van der Waals surface area contributed by atoms with Crippen LogP contribution in [0.15, 0.2) is 35.9 Å². The molecule has 3 amide bonds. The minimum atomic E-state index is -1.74. The van der Waals surface area contributed by atoms with Gasteiger partial charge in [0.25, 0.3) is 11.8 Å². The summed E-state index contributed by atoms with van der Waals surface area (Å²) in [5, 5.41) is 13.5. The van der Waals surface area contributed by atoms with Crippen LogP contribution in [0.2, 0.25) is 0 Å². The zero-order valence-electron chi connectivity index (χ0n) is 15.0. The molecule has 1 aromatic rings. The maximum Gasteiger partial charge on any atom is 0.417 e. The van der Waals surface area contributed by atoms with Crippen LogP contribution in [0.4, 0.5) is 10.5 Å². The number of nitrogens with one attached hydrogen (secondary N) is 1. The van der Waals surface area contributed by atoms with Gasteiger partial charge in [-0.15, -0.1) is 0 Å². The molecular weight excluding hydrogens is 336 g/mol. The van der Waals surface area contributed by atoms with E-state index in [1.165, 1.54) is 6.08 Å². The van der Waals surface area contributed by atoms with Crippen molar-refractivity contribution in [3.8, 4) is 0 Å². The Balaban J connectivity index is 1.81. The van der Waals surface area contributed by atoms with Gasteiger partial charge in [0.05, 0.1) is 6.04 Å². The average Bonchev–Trinajstić information content (AvgIpc) is 3.11. The number of hydrogen-bond acceptors (Lipinski definition) is 5. The van der Waals surface area contributed by atoms with Gasteiger partial charge in [0.1, 0.15) is 6.61 Å². The molecule has 0 spiro atoms. The molecule has 0 aliphatic carbocycles. The minimum Gasteiger partial charge on any atom is -0.447 e. The third kappa shape index (κ3) is 2.88. The number of para-hydroxylation sites is 1. The fourth-order valence-corrected chi connectivity index (χ4v) is 3.24. The van der Waals surface area contributed by atoms with Gasteiger partial charge < -0.3 is 15.2 Å². The summed E-state index contributed by atoms with van der Waals surface area (Å²) in [6, 6.07) is 6.56. The van der Waals surface area contributed by atoms with E-state index >= 15 is 0 Å². The Labute approximate surface area is 151 Å². The second-order valence-corrected chi connectivity index (χ2v) is 7.01. The van der Waals surface area contributed by atoms with Crippen LogP contribution >= 0.6 is 0 Å². The number of cyclic esters (lactones) is 1. The van der Waals surface area contributed by atoms with Crippen LogP contribution in [0.3, 0.4) is 0 Å². The van der Waals surface area contributed by atoms with E-state index in [0.717, 1.165) is 4.90 Å². The lowest BCUT2D eigenvalue weighted by Gasteiger charge is -2.23. The summed E-state index contributed by atoms with van der Waals surface area (Å²) in [5.74, 6) is -0.938. The summed E-state index contributed by atoms with van der Waals surface area (Å²) < 4.78 is 5.00. The number of fused-ring (bicyclic) bond motifs is 1. The highest BCUT2D eigenvalue weighted by molar-refractivity contribution is 6.05. The van der Waals surface area contributed by atoms with Crippen LogP contribution in [0.5, 0.6) is 0 Å². The number of aliphatic hydroxyl groups is 1. The van der Waals surface area contributed by atoms with E-state index in [0.29, 0.717) is 11.3 Å². The van der Waals surface area contributed by atoms with Crippen LogP contribution in [-0.4, -0.2) is 40.6 Å². The quantitative estimate of drug-likeness (QED) is 0.804. The van der Waals surface area contributed by atoms with Gasteiger partial charge in [0, 0.05) is 23.2 Å². The number of nitrogens with zero attached hydrogens (tertiary/aromatic N) is 1. The normalized spacial score (nSPS) is 25.3. The molecule has 0 radical (unpaired) electrons. The van der Waals surface area contributed by atoms with Crippen molar-refractivity contribution in [1.82, 2.24) is 4.90 Å².